The van der Waals surface area contributed by atoms with Gasteiger partial charge in [-0.2, -0.15) is 0 Å². The summed E-state index contributed by atoms with van der Waals surface area (Å²) in [5.41, 5.74) is 1.43. The summed E-state index contributed by atoms with van der Waals surface area (Å²) in [7, 11) is 2.11. The summed E-state index contributed by atoms with van der Waals surface area (Å²) in [5, 5.41) is 4.70. The van der Waals surface area contributed by atoms with Crippen molar-refractivity contribution in [1.82, 2.24) is 10.3 Å². The number of nitrogens with zero attached hydrogens (tertiary/aromatic N) is 2. The van der Waals surface area contributed by atoms with Crippen molar-refractivity contribution in [2.75, 3.05) is 18.5 Å². The van der Waals surface area contributed by atoms with Crippen LogP contribution in [0.2, 0.25) is 0 Å². The quantitative estimate of drug-likeness (QED) is 0.857. The highest BCUT2D eigenvalue weighted by Crippen LogP contribution is 2.27. The van der Waals surface area contributed by atoms with Gasteiger partial charge in [0.15, 0.2) is 5.13 Å². The zero-order valence-corrected chi connectivity index (χ0v) is 13.4. The fraction of sp³-hybridized carbons (Fsp3) is 0.786. The van der Waals surface area contributed by atoms with E-state index in [1.807, 2.05) is 11.3 Å². The molecule has 0 saturated heterocycles. The Morgan fingerprint density at radius 3 is 2.44 bits per heavy atom. The minimum Gasteiger partial charge on any atom is -0.351 e. The van der Waals surface area contributed by atoms with E-state index in [9.17, 15) is 0 Å². The lowest BCUT2D eigenvalue weighted by atomic mass is 10.1. The summed E-state index contributed by atoms with van der Waals surface area (Å²) in [6, 6.07) is 0. The lowest BCUT2D eigenvalue weighted by Crippen LogP contribution is -2.35. The molecule has 0 bridgehead atoms. The van der Waals surface area contributed by atoms with Crippen LogP contribution in [0.4, 0.5) is 5.13 Å². The van der Waals surface area contributed by atoms with E-state index in [4.69, 9.17) is 4.98 Å². The van der Waals surface area contributed by atoms with Crippen LogP contribution in [0.3, 0.4) is 0 Å². The Bertz CT molecular complexity index is 366. The third-order valence-corrected chi connectivity index (χ3v) is 4.05. The zero-order chi connectivity index (χ0) is 13.8. The van der Waals surface area contributed by atoms with Gasteiger partial charge in [-0.15, -0.1) is 11.3 Å². The van der Waals surface area contributed by atoms with Crippen LogP contribution in [0.5, 0.6) is 0 Å². The van der Waals surface area contributed by atoms with Crippen molar-refractivity contribution >= 4 is 16.5 Å². The van der Waals surface area contributed by atoms with Gasteiger partial charge in [-0.05, 0) is 34.1 Å². The molecule has 18 heavy (non-hydrogen) atoms. The van der Waals surface area contributed by atoms with Gasteiger partial charge in [0.1, 0.15) is 0 Å². The molecule has 1 aromatic heterocycles. The summed E-state index contributed by atoms with van der Waals surface area (Å²) in [6.07, 6.45) is 2.23. The molecule has 0 aliphatic heterocycles. The van der Waals surface area contributed by atoms with Gasteiger partial charge in [-0.1, -0.05) is 13.3 Å². The molecule has 1 N–H and O–H groups in total. The molecule has 0 saturated carbocycles. The van der Waals surface area contributed by atoms with Gasteiger partial charge in [0, 0.05) is 30.6 Å². The molecule has 0 atom stereocenters. The van der Waals surface area contributed by atoms with Crippen LogP contribution in [-0.2, 0) is 13.0 Å². The average Bonchev–Trinajstić information content (AvgIpc) is 2.68. The molecule has 0 radical (unpaired) electrons. The van der Waals surface area contributed by atoms with Crippen LogP contribution in [0, 0.1) is 0 Å². The predicted molar refractivity (Wildman–Crippen MR) is 81.6 cm³/mol. The Labute approximate surface area is 116 Å². The number of hydrogen-bond donors (Lipinski definition) is 1. The second kappa shape index (κ2) is 6.53. The minimum atomic E-state index is 0.157. The van der Waals surface area contributed by atoms with Crippen molar-refractivity contribution in [2.45, 2.75) is 59.5 Å². The molecular weight excluding hydrogens is 242 g/mol. The lowest BCUT2D eigenvalue weighted by Gasteiger charge is -2.20. The molecular formula is C14H27N3S. The largest absolute Gasteiger partial charge is 0.351 e. The zero-order valence-electron chi connectivity index (χ0n) is 12.6. The number of aromatic nitrogens is 1. The predicted octanol–water partition coefficient (Wildman–Crippen LogP) is 3.44. The van der Waals surface area contributed by atoms with Crippen LogP contribution in [0.15, 0.2) is 0 Å². The van der Waals surface area contributed by atoms with Gasteiger partial charge >= 0.3 is 0 Å². The van der Waals surface area contributed by atoms with E-state index in [1.165, 1.54) is 10.6 Å². The average molecular weight is 269 g/mol. The first-order valence-electron chi connectivity index (χ1n) is 6.82. The van der Waals surface area contributed by atoms with Crippen LogP contribution in [0.25, 0.3) is 0 Å². The Morgan fingerprint density at radius 2 is 1.94 bits per heavy atom. The highest BCUT2D eigenvalue weighted by atomic mass is 32.1. The van der Waals surface area contributed by atoms with Crippen molar-refractivity contribution in [2.24, 2.45) is 0 Å². The first-order chi connectivity index (χ1) is 8.37. The summed E-state index contributed by atoms with van der Waals surface area (Å²) < 4.78 is 0. The summed E-state index contributed by atoms with van der Waals surface area (Å²) >= 11 is 1.83. The van der Waals surface area contributed by atoms with E-state index in [1.54, 1.807) is 0 Å². The molecule has 3 nitrogen and oxygen atoms in total. The topological polar surface area (TPSA) is 28.2 Å². The van der Waals surface area contributed by atoms with Crippen molar-refractivity contribution in [3.05, 3.63) is 10.6 Å². The lowest BCUT2D eigenvalue weighted by molar-refractivity contribution is 0.425. The van der Waals surface area contributed by atoms with Crippen LogP contribution in [0.1, 0.15) is 51.6 Å². The van der Waals surface area contributed by atoms with Crippen LogP contribution in [-0.4, -0.2) is 24.1 Å². The highest BCUT2D eigenvalue weighted by molar-refractivity contribution is 7.15. The molecule has 1 heterocycles. The van der Waals surface area contributed by atoms with Gasteiger partial charge in [-0.25, -0.2) is 4.98 Å². The Balaban J connectivity index is 2.83. The molecule has 104 valence electrons. The number of anilines is 1. The van der Waals surface area contributed by atoms with Crippen molar-refractivity contribution in [3.63, 3.8) is 0 Å². The first kappa shape index (κ1) is 15.4. The van der Waals surface area contributed by atoms with Crippen LogP contribution < -0.4 is 10.2 Å². The van der Waals surface area contributed by atoms with Crippen molar-refractivity contribution in [1.29, 1.82) is 0 Å². The van der Waals surface area contributed by atoms with Gasteiger partial charge in [0.2, 0.25) is 0 Å². The molecule has 4 heteroatoms. The SMILES string of the molecule is CCCc1nc(N(C)CC)sc1CNC(C)(C)C. The Kier molecular flexibility index (Phi) is 5.60. The second-order valence-corrected chi connectivity index (χ2v) is 6.80. The number of aryl methyl sites for hydroxylation is 1. The highest BCUT2D eigenvalue weighted by Gasteiger charge is 2.15. The second-order valence-electron chi connectivity index (χ2n) is 5.73. The molecule has 0 fully saturated rings. The number of rotatable bonds is 6. The van der Waals surface area contributed by atoms with Crippen molar-refractivity contribution in [3.8, 4) is 0 Å². The normalized spacial score (nSPS) is 11.9. The maximum absolute atomic E-state index is 4.78. The minimum absolute atomic E-state index is 0.157. The molecule has 0 aliphatic rings. The van der Waals surface area contributed by atoms with Crippen molar-refractivity contribution < 1.29 is 0 Å². The van der Waals surface area contributed by atoms with Crippen LogP contribution >= 0.6 is 11.3 Å². The maximum atomic E-state index is 4.78. The van der Waals surface area contributed by atoms with Gasteiger partial charge in [0.25, 0.3) is 0 Å². The maximum Gasteiger partial charge on any atom is 0.185 e. The molecule has 0 amide bonds. The fourth-order valence-corrected chi connectivity index (χ4v) is 2.65. The summed E-state index contributed by atoms with van der Waals surface area (Å²) in [6.45, 7) is 12.9. The van der Waals surface area contributed by atoms with E-state index in [2.05, 4.69) is 51.9 Å². The van der Waals surface area contributed by atoms with E-state index < -0.39 is 0 Å². The number of thiazole rings is 1. The Hall–Kier alpha value is -0.610. The van der Waals surface area contributed by atoms with Gasteiger partial charge < -0.3 is 10.2 Å². The third-order valence-electron chi connectivity index (χ3n) is 2.83. The van der Waals surface area contributed by atoms with E-state index in [0.29, 0.717) is 0 Å². The molecule has 0 aromatic carbocycles. The molecule has 0 unspecified atom stereocenters. The van der Waals surface area contributed by atoms with Gasteiger partial charge in [-0.3, -0.25) is 0 Å². The molecule has 1 aromatic rings. The standard InChI is InChI=1S/C14H27N3S/c1-7-9-11-12(10-15-14(3,4)5)18-13(16-11)17(6)8-2/h15H,7-10H2,1-6H3. The molecule has 1 rings (SSSR count). The fourth-order valence-electron chi connectivity index (χ4n) is 1.58. The summed E-state index contributed by atoms with van der Waals surface area (Å²) in [5.74, 6) is 0. The molecule has 0 aliphatic carbocycles. The van der Waals surface area contributed by atoms with Gasteiger partial charge in [0.05, 0.1) is 5.69 Å². The van der Waals surface area contributed by atoms with E-state index >= 15 is 0 Å². The number of hydrogen-bond acceptors (Lipinski definition) is 4. The first-order valence-corrected chi connectivity index (χ1v) is 7.63. The van der Waals surface area contributed by atoms with E-state index in [-0.39, 0.29) is 5.54 Å². The number of nitrogens with one attached hydrogen (secondary N) is 1. The Morgan fingerprint density at radius 1 is 1.28 bits per heavy atom. The summed E-state index contributed by atoms with van der Waals surface area (Å²) in [4.78, 5) is 8.38. The smallest absolute Gasteiger partial charge is 0.185 e. The monoisotopic (exact) mass is 269 g/mol. The molecule has 0 spiro atoms. The third kappa shape index (κ3) is 4.58. The van der Waals surface area contributed by atoms with E-state index in [0.717, 1.165) is 31.1 Å².